The first kappa shape index (κ1) is 19.1. The zero-order valence-electron chi connectivity index (χ0n) is 15.9. The van der Waals surface area contributed by atoms with E-state index in [2.05, 4.69) is 110 Å². The van der Waals surface area contributed by atoms with Gasteiger partial charge in [-0.2, -0.15) is 0 Å². The first-order valence-electron chi connectivity index (χ1n) is 9.42. The summed E-state index contributed by atoms with van der Waals surface area (Å²) in [5, 5.41) is 0. The molecule has 136 valence electrons. The number of hydrogen-bond donors (Lipinski definition) is 0. The molecule has 0 radical (unpaired) electrons. The highest BCUT2D eigenvalue weighted by Crippen LogP contribution is 2.24. The molecule has 0 nitrogen and oxygen atoms in total. The Morgan fingerprint density at radius 3 is 1.61 bits per heavy atom. The summed E-state index contributed by atoms with van der Waals surface area (Å²) in [5.41, 5.74) is 5.81. The third-order valence-electron chi connectivity index (χ3n) is 4.30. The lowest BCUT2D eigenvalue weighted by atomic mass is 9.97. The first-order chi connectivity index (χ1) is 13.9. The Labute approximate surface area is 168 Å². The predicted octanol–water partition coefficient (Wildman–Crippen LogP) is 7.61. The van der Waals surface area contributed by atoms with Crippen LogP contribution in [0.1, 0.15) is 16.7 Å². The van der Waals surface area contributed by atoms with E-state index in [0.29, 0.717) is 0 Å². The summed E-state index contributed by atoms with van der Waals surface area (Å²) in [6.07, 6.45) is 14.5. The van der Waals surface area contributed by atoms with Crippen LogP contribution in [0, 0.1) is 0 Å². The van der Waals surface area contributed by atoms with Crippen molar-refractivity contribution in [1.82, 2.24) is 0 Å². The molecular weight excluding hydrogens is 336 g/mol. The van der Waals surface area contributed by atoms with E-state index in [0.717, 1.165) is 11.1 Å². The highest BCUT2D eigenvalue weighted by atomic mass is 14.1. The molecule has 0 bridgehead atoms. The predicted molar refractivity (Wildman–Crippen MR) is 124 cm³/mol. The lowest BCUT2D eigenvalue weighted by molar-refractivity contribution is 1.58. The average molecular weight is 361 g/mol. The summed E-state index contributed by atoms with van der Waals surface area (Å²) in [4.78, 5) is 0. The van der Waals surface area contributed by atoms with Crippen LogP contribution in [0.2, 0.25) is 0 Å². The van der Waals surface area contributed by atoms with Gasteiger partial charge in [0.05, 0.1) is 0 Å². The molecule has 0 heteroatoms. The number of rotatable bonds is 7. The van der Waals surface area contributed by atoms with Gasteiger partial charge in [0.15, 0.2) is 0 Å². The lowest BCUT2D eigenvalue weighted by Crippen LogP contribution is -1.86. The maximum Gasteiger partial charge on any atom is -0.0111 e. The van der Waals surface area contributed by atoms with E-state index in [4.69, 9.17) is 0 Å². The van der Waals surface area contributed by atoms with Crippen LogP contribution in [-0.2, 0) is 0 Å². The molecule has 0 aromatic heterocycles. The van der Waals surface area contributed by atoms with Gasteiger partial charge in [-0.3, -0.25) is 0 Å². The summed E-state index contributed by atoms with van der Waals surface area (Å²) >= 11 is 0. The fourth-order valence-corrected chi connectivity index (χ4v) is 2.88. The van der Waals surface area contributed by atoms with Crippen molar-refractivity contribution in [2.75, 3.05) is 0 Å². The lowest BCUT2D eigenvalue weighted by Gasteiger charge is -2.08. The topological polar surface area (TPSA) is 0 Å². The van der Waals surface area contributed by atoms with Crippen LogP contribution in [0.3, 0.4) is 0 Å². The van der Waals surface area contributed by atoms with Crippen molar-refractivity contribution in [2.45, 2.75) is 0 Å². The van der Waals surface area contributed by atoms with E-state index in [1.165, 1.54) is 16.7 Å². The Balaban J connectivity index is 2.09. The van der Waals surface area contributed by atoms with Crippen molar-refractivity contribution in [3.63, 3.8) is 0 Å². The van der Waals surface area contributed by atoms with E-state index in [1.54, 1.807) is 6.08 Å². The highest BCUT2D eigenvalue weighted by molar-refractivity contribution is 5.85. The molecule has 0 fully saturated rings. The minimum atomic E-state index is 1.13. The molecule has 0 N–H and O–H groups in total. The van der Waals surface area contributed by atoms with Crippen LogP contribution in [0.5, 0.6) is 0 Å². The van der Waals surface area contributed by atoms with E-state index in [-0.39, 0.29) is 0 Å². The minimum Gasteiger partial charge on any atom is -0.0991 e. The summed E-state index contributed by atoms with van der Waals surface area (Å²) in [7, 11) is 0. The zero-order valence-corrected chi connectivity index (χ0v) is 15.9. The Bertz CT molecular complexity index is 986. The fourth-order valence-electron chi connectivity index (χ4n) is 2.88. The van der Waals surface area contributed by atoms with Crippen molar-refractivity contribution >= 4 is 17.7 Å². The number of benzene rings is 3. The van der Waals surface area contributed by atoms with Gasteiger partial charge in [0.25, 0.3) is 0 Å². The summed E-state index contributed by atoms with van der Waals surface area (Å²) in [6, 6.07) is 31.2. The normalized spacial score (nSPS) is 12.6. The number of hydrogen-bond acceptors (Lipinski definition) is 0. The third kappa shape index (κ3) is 5.69. The average Bonchev–Trinajstić information content (AvgIpc) is 2.77. The Kier molecular flexibility index (Phi) is 7.17. The van der Waals surface area contributed by atoms with Crippen molar-refractivity contribution in [3.8, 4) is 0 Å². The molecule has 0 saturated heterocycles. The second-order valence-electron chi connectivity index (χ2n) is 6.32. The van der Waals surface area contributed by atoms with E-state index >= 15 is 0 Å². The Morgan fingerprint density at radius 2 is 1.07 bits per heavy atom. The summed E-state index contributed by atoms with van der Waals surface area (Å²) in [6.45, 7) is 3.83. The molecule has 0 saturated carbocycles. The molecule has 3 rings (SSSR count). The summed E-state index contributed by atoms with van der Waals surface area (Å²) in [5.74, 6) is 0. The molecule has 3 aromatic carbocycles. The molecule has 0 spiro atoms. The van der Waals surface area contributed by atoms with E-state index < -0.39 is 0 Å². The SMILES string of the molecule is C=CC=CC(C=Cc1ccccc1)=C(C=Cc1ccccc1)c1ccccc1. The van der Waals surface area contributed by atoms with Gasteiger partial charge in [0.1, 0.15) is 0 Å². The van der Waals surface area contributed by atoms with Gasteiger partial charge in [-0.05, 0) is 27.8 Å². The molecule has 0 amide bonds. The first-order valence-corrected chi connectivity index (χ1v) is 9.42. The Morgan fingerprint density at radius 1 is 0.571 bits per heavy atom. The standard InChI is InChI=1S/C28H24/c1-2-3-17-27(22-20-24-13-7-4-8-14-24)28(26-18-11-6-12-19-26)23-21-25-15-9-5-10-16-25/h2-23H,1H2. The monoisotopic (exact) mass is 360 g/mol. The van der Waals surface area contributed by atoms with Crippen LogP contribution >= 0.6 is 0 Å². The maximum absolute atomic E-state index is 3.83. The fraction of sp³-hybridized carbons (Fsp3) is 0. The second kappa shape index (κ2) is 10.5. The molecule has 28 heavy (non-hydrogen) atoms. The van der Waals surface area contributed by atoms with E-state index in [9.17, 15) is 0 Å². The van der Waals surface area contributed by atoms with Gasteiger partial charge in [-0.25, -0.2) is 0 Å². The highest BCUT2D eigenvalue weighted by Gasteiger charge is 2.03. The third-order valence-corrected chi connectivity index (χ3v) is 4.30. The van der Waals surface area contributed by atoms with Crippen molar-refractivity contribution in [1.29, 1.82) is 0 Å². The van der Waals surface area contributed by atoms with Crippen LogP contribution in [-0.4, -0.2) is 0 Å². The minimum absolute atomic E-state index is 1.13. The van der Waals surface area contributed by atoms with Gasteiger partial charge in [-0.1, -0.05) is 140 Å². The van der Waals surface area contributed by atoms with Crippen molar-refractivity contribution in [3.05, 3.63) is 150 Å². The molecule has 3 aromatic rings. The molecular formula is C28H24. The second-order valence-corrected chi connectivity index (χ2v) is 6.32. The summed E-state index contributed by atoms with van der Waals surface area (Å²) < 4.78 is 0. The molecule has 0 heterocycles. The smallest absolute Gasteiger partial charge is 0.0111 e. The molecule has 0 unspecified atom stereocenters. The van der Waals surface area contributed by atoms with Gasteiger partial charge in [0.2, 0.25) is 0 Å². The van der Waals surface area contributed by atoms with Gasteiger partial charge in [-0.15, -0.1) is 0 Å². The Hall–Kier alpha value is -3.64. The number of allylic oxidation sites excluding steroid dienone is 7. The maximum atomic E-state index is 3.83. The van der Waals surface area contributed by atoms with Gasteiger partial charge >= 0.3 is 0 Å². The quantitative estimate of drug-likeness (QED) is 0.380. The van der Waals surface area contributed by atoms with Crippen molar-refractivity contribution < 1.29 is 0 Å². The van der Waals surface area contributed by atoms with Gasteiger partial charge < -0.3 is 0 Å². The van der Waals surface area contributed by atoms with Gasteiger partial charge in [0, 0.05) is 0 Å². The molecule has 0 aliphatic rings. The molecule has 0 aliphatic carbocycles. The zero-order chi connectivity index (χ0) is 19.4. The largest absolute Gasteiger partial charge is 0.0991 e. The van der Waals surface area contributed by atoms with Crippen LogP contribution in [0.4, 0.5) is 0 Å². The van der Waals surface area contributed by atoms with Crippen LogP contribution < -0.4 is 0 Å². The van der Waals surface area contributed by atoms with Crippen molar-refractivity contribution in [2.24, 2.45) is 0 Å². The molecule has 0 atom stereocenters. The van der Waals surface area contributed by atoms with Crippen LogP contribution in [0.15, 0.2) is 134 Å². The van der Waals surface area contributed by atoms with E-state index in [1.807, 2.05) is 24.3 Å². The van der Waals surface area contributed by atoms with Crippen LogP contribution in [0.25, 0.3) is 17.7 Å². The molecule has 0 aliphatic heterocycles.